The first kappa shape index (κ1) is 18.3. The van der Waals surface area contributed by atoms with Crippen molar-refractivity contribution in [3.05, 3.63) is 6.33 Å². The van der Waals surface area contributed by atoms with Crippen LogP contribution in [0.15, 0.2) is 11.5 Å². The molecule has 0 saturated carbocycles. The summed E-state index contributed by atoms with van der Waals surface area (Å²) in [4.78, 5) is 12.8. The van der Waals surface area contributed by atoms with Crippen LogP contribution in [0.1, 0.15) is 19.1 Å². The number of nitrogen functional groups attached to an aromatic ring is 1. The number of rotatable bonds is 7. The molecule has 0 aliphatic carbocycles. The fourth-order valence-electron chi connectivity index (χ4n) is 2.66. The molecule has 2 aromatic heterocycles. The number of thioether (sulfide) groups is 1. The summed E-state index contributed by atoms with van der Waals surface area (Å²) < 4.78 is 7.00. The Morgan fingerprint density at radius 3 is 2.68 bits per heavy atom. The zero-order valence-electron chi connectivity index (χ0n) is 13.4. The Kier molecular flexibility index (Phi) is 5.71. The molecule has 1 fully saturated rings. The Labute approximate surface area is 147 Å². The summed E-state index contributed by atoms with van der Waals surface area (Å²) in [6.07, 6.45) is -1.33. The molecule has 3 heterocycles. The van der Waals surface area contributed by atoms with Crippen molar-refractivity contribution in [3.63, 3.8) is 0 Å². The van der Waals surface area contributed by atoms with Crippen LogP contribution in [0, 0.1) is 0 Å². The summed E-state index contributed by atoms with van der Waals surface area (Å²) in [6, 6.07) is 0. The quantitative estimate of drug-likeness (QED) is 0.229. The lowest BCUT2D eigenvalue weighted by molar-refractivity contribution is -0.0511. The normalized spacial score (nSPS) is 26.6. The molecule has 11 heteroatoms. The van der Waals surface area contributed by atoms with E-state index in [1.54, 1.807) is 0 Å². The van der Waals surface area contributed by atoms with Gasteiger partial charge in [0.1, 0.15) is 23.8 Å². The zero-order chi connectivity index (χ0) is 18.0. The second-order valence-corrected chi connectivity index (χ2v) is 6.79. The molecule has 138 valence electrons. The van der Waals surface area contributed by atoms with Crippen molar-refractivity contribution in [2.24, 2.45) is 0 Å². The summed E-state index contributed by atoms with van der Waals surface area (Å²) in [5.41, 5.74) is 6.70. The maximum absolute atomic E-state index is 10.2. The molecule has 0 bridgehead atoms. The third-order valence-corrected chi connectivity index (χ3v) is 4.94. The van der Waals surface area contributed by atoms with Crippen molar-refractivity contribution in [2.45, 2.75) is 42.5 Å². The third kappa shape index (κ3) is 3.57. The van der Waals surface area contributed by atoms with Gasteiger partial charge in [-0.3, -0.25) is 4.57 Å². The minimum absolute atomic E-state index is 0.140. The van der Waals surface area contributed by atoms with Gasteiger partial charge in [0.25, 0.3) is 0 Å². The van der Waals surface area contributed by atoms with Gasteiger partial charge in [-0.2, -0.15) is 0 Å². The third-order valence-electron chi connectivity index (χ3n) is 4.00. The van der Waals surface area contributed by atoms with Crippen molar-refractivity contribution >= 4 is 28.7 Å². The van der Waals surface area contributed by atoms with Crippen molar-refractivity contribution in [2.75, 3.05) is 24.7 Å². The van der Waals surface area contributed by atoms with Crippen LogP contribution in [0.2, 0.25) is 0 Å². The van der Waals surface area contributed by atoms with Crippen LogP contribution in [0.4, 0.5) is 5.82 Å². The van der Waals surface area contributed by atoms with E-state index in [0.29, 0.717) is 22.7 Å². The van der Waals surface area contributed by atoms with Crippen LogP contribution >= 0.6 is 11.8 Å². The minimum Gasteiger partial charge on any atom is -0.396 e. The number of anilines is 1. The van der Waals surface area contributed by atoms with Crippen molar-refractivity contribution < 1.29 is 25.2 Å². The van der Waals surface area contributed by atoms with Gasteiger partial charge in [-0.15, -0.1) is 0 Å². The number of unbranched alkanes of at least 4 members (excludes halogenated alkanes) is 1. The van der Waals surface area contributed by atoms with Crippen LogP contribution in [0.5, 0.6) is 0 Å². The zero-order valence-corrected chi connectivity index (χ0v) is 14.2. The molecule has 0 spiro atoms. The first-order valence-corrected chi connectivity index (χ1v) is 8.91. The maximum atomic E-state index is 10.2. The standard InChI is InChI=1S/C14H21N5O5S/c15-11-8-12(18-14(17-11)25-4-2-1-3-20)19(6-16-8)13-10(23)9(22)7(5-21)24-13/h6-7,9-10,13,20-23H,1-5H2,(H2,15,17,18)/t7-,9-,10-,13-/m1/s1. The maximum Gasteiger partial charge on any atom is 0.191 e. The van der Waals surface area contributed by atoms with Crippen molar-refractivity contribution in [1.82, 2.24) is 19.5 Å². The van der Waals surface area contributed by atoms with Crippen LogP contribution in [-0.4, -0.2) is 77.2 Å². The van der Waals surface area contributed by atoms with E-state index >= 15 is 0 Å². The molecular formula is C14H21N5O5S. The highest BCUT2D eigenvalue weighted by molar-refractivity contribution is 7.99. The number of aliphatic hydroxyl groups excluding tert-OH is 4. The molecule has 2 aromatic rings. The second kappa shape index (κ2) is 7.81. The number of aliphatic hydroxyl groups is 4. The number of nitrogens with two attached hydrogens (primary N) is 1. The molecule has 0 unspecified atom stereocenters. The van der Waals surface area contributed by atoms with Gasteiger partial charge in [0.15, 0.2) is 22.8 Å². The topological polar surface area (TPSA) is 160 Å². The monoisotopic (exact) mass is 371 g/mol. The minimum atomic E-state index is -1.23. The van der Waals surface area contributed by atoms with Crippen molar-refractivity contribution in [1.29, 1.82) is 0 Å². The molecule has 1 saturated heterocycles. The van der Waals surface area contributed by atoms with E-state index in [-0.39, 0.29) is 12.4 Å². The molecule has 10 nitrogen and oxygen atoms in total. The van der Waals surface area contributed by atoms with Gasteiger partial charge >= 0.3 is 0 Å². The molecule has 3 rings (SSSR count). The number of hydrogen-bond acceptors (Lipinski definition) is 10. The average Bonchev–Trinajstić information content (AvgIpc) is 3.14. The van der Waals surface area contributed by atoms with E-state index in [1.165, 1.54) is 22.7 Å². The van der Waals surface area contributed by atoms with E-state index < -0.39 is 31.1 Å². The smallest absolute Gasteiger partial charge is 0.191 e. The SMILES string of the molecule is Nc1nc(SCCCCO)nc2c1ncn2[C@@H]1O[C@H](CO)[C@@H](O)[C@H]1O. The number of ether oxygens (including phenoxy) is 1. The van der Waals surface area contributed by atoms with Crippen LogP contribution in [-0.2, 0) is 4.74 Å². The first-order valence-electron chi connectivity index (χ1n) is 7.93. The summed E-state index contributed by atoms with van der Waals surface area (Å²) in [7, 11) is 0. The number of hydrogen-bond donors (Lipinski definition) is 5. The lowest BCUT2D eigenvalue weighted by atomic mass is 10.1. The van der Waals surface area contributed by atoms with Crippen LogP contribution in [0.25, 0.3) is 11.2 Å². The van der Waals surface area contributed by atoms with Gasteiger partial charge in [-0.25, -0.2) is 15.0 Å². The fraction of sp³-hybridized carbons (Fsp3) is 0.643. The molecule has 1 aliphatic rings. The number of imidazole rings is 1. The summed E-state index contributed by atoms with van der Waals surface area (Å²) >= 11 is 1.40. The second-order valence-electron chi connectivity index (χ2n) is 5.72. The molecule has 4 atom stereocenters. The predicted molar refractivity (Wildman–Crippen MR) is 89.8 cm³/mol. The highest BCUT2D eigenvalue weighted by atomic mass is 32.2. The Morgan fingerprint density at radius 2 is 2.00 bits per heavy atom. The van der Waals surface area contributed by atoms with E-state index in [4.69, 9.17) is 15.6 Å². The number of fused-ring (bicyclic) bond motifs is 1. The van der Waals surface area contributed by atoms with E-state index in [2.05, 4.69) is 15.0 Å². The molecule has 25 heavy (non-hydrogen) atoms. The van der Waals surface area contributed by atoms with Crippen molar-refractivity contribution in [3.8, 4) is 0 Å². The highest BCUT2D eigenvalue weighted by Gasteiger charge is 2.44. The van der Waals surface area contributed by atoms with E-state index in [9.17, 15) is 15.3 Å². The van der Waals surface area contributed by atoms with E-state index in [0.717, 1.165) is 12.2 Å². The Morgan fingerprint density at radius 1 is 1.20 bits per heavy atom. The van der Waals surface area contributed by atoms with Gasteiger partial charge in [-0.05, 0) is 12.8 Å². The lowest BCUT2D eigenvalue weighted by Gasteiger charge is -2.16. The predicted octanol–water partition coefficient (Wildman–Crippen LogP) is -1.12. The Hall–Kier alpha value is -1.50. The Bertz CT molecular complexity index is 729. The van der Waals surface area contributed by atoms with E-state index in [1.807, 2.05) is 0 Å². The molecule has 6 N–H and O–H groups in total. The molecular weight excluding hydrogens is 350 g/mol. The largest absolute Gasteiger partial charge is 0.396 e. The lowest BCUT2D eigenvalue weighted by Crippen LogP contribution is -2.33. The van der Waals surface area contributed by atoms with Gasteiger partial charge in [0.2, 0.25) is 0 Å². The molecule has 0 aromatic carbocycles. The summed E-state index contributed by atoms with van der Waals surface area (Å²) in [5, 5.41) is 38.6. The molecule has 0 amide bonds. The van der Waals surface area contributed by atoms with Gasteiger partial charge in [0.05, 0.1) is 12.9 Å². The summed E-state index contributed by atoms with van der Waals surface area (Å²) in [5.74, 6) is 0.938. The number of aromatic nitrogens is 4. The number of nitrogens with zero attached hydrogens (tertiary/aromatic N) is 4. The fourth-order valence-corrected chi connectivity index (χ4v) is 3.50. The molecule has 1 aliphatic heterocycles. The van der Waals surface area contributed by atoms with Crippen LogP contribution < -0.4 is 5.73 Å². The Balaban J connectivity index is 1.88. The van der Waals surface area contributed by atoms with Gasteiger partial charge < -0.3 is 30.9 Å². The van der Waals surface area contributed by atoms with Gasteiger partial charge in [0, 0.05) is 12.4 Å². The highest BCUT2D eigenvalue weighted by Crippen LogP contribution is 2.32. The first-order chi connectivity index (χ1) is 12.1. The van der Waals surface area contributed by atoms with Crippen LogP contribution in [0.3, 0.4) is 0 Å². The summed E-state index contributed by atoms with van der Waals surface area (Å²) in [6.45, 7) is -0.273. The van der Waals surface area contributed by atoms with Gasteiger partial charge in [-0.1, -0.05) is 11.8 Å². The molecule has 0 radical (unpaired) electrons. The average molecular weight is 371 g/mol.